The van der Waals surface area contributed by atoms with Gasteiger partial charge in [0, 0.05) is 39.3 Å². The summed E-state index contributed by atoms with van der Waals surface area (Å²) >= 11 is 0. The first-order valence-electron chi connectivity index (χ1n) is 20.1. The molecular weight excluding hydrogens is 737 g/mol. The third-order valence-corrected chi connectivity index (χ3v) is 10.8. The lowest BCUT2D eigenvalue weighted by molar-refractivity contribution is 0.0579. The Morgan fingerprint density at radius 2 is 0.845 bits per heavy atom. The van der Waals surface area contributed by atoms with Crippen molar-refractivity contribution in [3.63, 3.8) is 0 Å². The van der Waals surface area contributed by atoms with E-state index in [4.69, 9.17) is 19.9 Å². The van der Waals surface area contributed by atoms with E-state index in [2.05, 4.69) is 26.5 Å². The average Bonchev–Trinajstić information content (AvgIpc) is 3.96. The third-order valence-electron chi connectivity index (χ3n) is 10.8. The molecule has 8 rings (SSSR count). The standard InChI is InChI=1S/C43H52N10O5/c54-21-17-50-36-13-5-1-9-32(36)44-40(50)27-48(28-41-45-33-10-2-6-14-37(33)51(41)18-22-55)25-31(58)26-49(29-42-46-34-11-3-7-15-38(34)52(42)19-23-56)30-43-47-35-12-4-8-16-39(35)53(43)20-24-57/h1-3,5-7,9-16,31,54-58H,4,8,17-30H2. The number of aromatic nitrogens is 8. The van der Waals surface area contributed by atoms with Gasteiger partial charge in [0.1, 0.15) is 23.3 Å². The lowest BCUT2D eigenvalue weighted by Gasteiger charge is -2.29. The molecule has 58 heavy (non-hydrogen) atoms. The van der Waals surface area contributed by atoms with E-state index in [-0.39, 0.29) is 39.5 Å². The van der Waals surface area contributed by atoms with Gasteiger partial charge in [-0.2, -0.15) is 0 Å². The Bertz CT molecular complexity index is 2520. The Hall–Kier alpha value is -5.26. The van der Waals surface area contributed by atoms with Gasteiger partial charge in [0.25, 0.3) is 0 Å². The molecule has 7 aromatic rings. The van der Waals surface area contributed by atoms with E-state index < -0.39 is 6.10 Å². The van der Waals surface area contributed by atoms with Gasteiger partial charge in [-0.15, -0.1) is 0 Å². The van der Waals surface area contributed by atoms with Crippen molar-refractivity contribution in [1.29, 1.82) is 0 Å². The molecule has 15 nitrogen and oxygen atoms in total. The van der Waals surface area contributed by atoms with Crippen LogP contribution in [0.2, 0.25) is 0 Å². The largest absolute Gasteiger partial charge is 0.395 e. The quantitative estimate of drug-likeness (QED) is 0.0753. The van der Waals surface area contributed by atoms with E-state index in [0.717, 1.165) is 79.9 Å². The Kier molecular flexibility index (Phi) is 12.4. The van der Waals surface area contributed by atoms with Crippen molar-refractivity contribution in [2.24, 2.45) is 0 Å². The maximum absolute atomic E-state index is 12.2. The number of imidazole rings is 4. The molecule has 0 aliphatic heterocycles. The second-order valence-electron chi connectivity index (χ2n) is 14.8. The highest BCUT2D eigenvalue weighted by Crippen LogP contribution is 2.23. The van der Waals surface area contributed by atoms with Crippen LogP contribution < -0.4 is 10.7 Å². The minimum atomic E-state index is -0.865. The van der Waals surface area contributed by atoms with Gasteiger partial charge in [-0.1, -0.05) is 48.6 Å². The molecular formula is C43H52N10O5. The predicted molar refractivity (Wildman–Crippen MR) is 221 cm³/mol. The van der Waals surface area contributed by atoms with E-state index in [1.807, 2.05) is 86.5 Å². The summed E-state index contributed by atoms with van der Waals surface area (Å²) in [4.78, 5) is 24.3. The van der Waals surface area contributed by atoms with Gasteiger partial charge in [0.15, 0.2) is 0 Å². The smallest absolute Gasteiger partial charge is 0.124 e. The molecule has 304 valence electrons. The number of fused-ring (bicyclic) bond motifs is 4. The summed E-state index contributed by atoms with van der Waals surface area (Å²) in [7, 11) is 0. The Balaban J connectivity index is 1.14. The summed E-state index contributed by atoms with van der Waals surface area (Å²) in [6, 6.07) is 23.6. The molecule has 0 saturated carbocycles. The normalized spacial score (nSPS) is 13.6. The maximum Gasteiger partial charge on any atom is 0.124 e. The molecule has 0 saturated heterocycles. The molecule has 1 unspecified atom stereocenters. The number of hydrogen-bond donors (Lipinski definition) is 5. The number of aliphatic hydroxyl groups excluding tert-OH is 5. The molecule has 3 aromatic carbocycles. The highest BCUT2D eigenvalue weighted by molar-refractivity contribution is 5.77. The number of benzene rings is 3. The second-order valence-corrected chi connectivity index (χ2v) is 14.8. The van der Waals surface area contributed by atoms with Crippen molar-refractivity contribution >= 4 is 45.3 Å². The lowest BCUT2D eigenvalue weighted by atomic mass is 10.2. The van der Waals surface area contributed by atoms with Crippen LogP contribution in [0.1, 0.15) is 36.1 Å². The number of hydrogen-bond acceptors (Lipinski definition) is 11. The predicted octanol–water partition coefficient (Wildman–Crippen LogP) is 1.32. The highest BCUT2D eigenvalue weighted by atomic mass is 16.3. The number of aliphatic hydroxyl groups is 5. The summed E-state index contributed by atoms with van der Waals surface area (Å²) in [5, 5.41) is 54.4. The van der Waals surface area contributed by atoms with Crippen LogP contribution in [0.25, 0.3) is 45.3 Å². The summed E-state index contributed by atoms with van der Waals surface area (Å²) in [6.07, 6.45) is 5.26. The van der Waals surface area contributed by atoms with Gasteiger partial charge >= 0.3 is 0 Å². The zero-order valence-corrected chi connectivity index (χ0v) is 32.7. The van der Waals surface area contributed by atoms with Gasteiger partial charge < -0.3 is 43.8 Å². The van der Waals surface area contributed by atoms with Gasteiger partial charge in [0.2, 0.25) is 0 Å². The highest BCUT2D eigenvalue weighted by Gasteiger charge is 2.25. The topological polar surface area (TPSA) is 179 Å². The lowest BCUT2D eigenvalue weighted by Crippen LogP contribution is -2.41. The fraction of sp³-hybridized carbons (Fsp3) is 0.395. The Morgan fingerprint density at radius 3 is 1.26 bits per heavy atom. The van der Waals surface area contributed by atoms with Crippen molar-refractivity contribution < 1.29 is 25.5 Å². The summed E-state index contributed by atoms with van der Waals surface area (Å²) in [5.41, 5.74) is 5.25. The van der Waals surface area contributed by atoms with Crippen molar-refractivity contribution in [1.82, 2.24) is 48.0 Å². The zero-order chi connectivity index (χ0) is 40.0. The van der Waals surface area contributed by atoms with E-state index in [0.29, 0.717) is 52.4 Å². The molecule has 4 heterocycles. The molecule has 1 aliphatic carbocycles. The average molecular weight is 789 g/mol. The van der Waals surface area contributed by atoms with Gasteiger partial charge in [0.05, 0.1) is 103 Å². The van der Waals surface area contributed by atoms with Crippen LogP contribution in [-0.4, -0.2) is 119 Å². The molecule has 15 heteroatoms. The summed E-state index contributed by atoms with van der Waals surface area (Å²) < 4.78 is 8.16. The molecule has 0 amide bonds. The van der Waals surface area contributed by atoms with Crippen LogP contribution >= 0.6 is 0 Å². The van der Waals surface area contributed by atoms with Crippen LogP contribution in [0.15, 0.2) is 72.8 Å². The zero-order valence-electron chi connectivity index (χ0n) is 32.7. The fourth-order valence-electron chi connectivity index (χ4n) is 8.42. The van der Waals surface area contributed by atoms with Crippen molar-refractivity contribution in [2.45, 2.75) is 71.3 Å². The van der Waals surface area contributed by atoms with Gasteiger partial charge in [-0.05, 0) is 49.2 Å². The van der Waals surface area contributed by atoms with Crippen molar-refractivity contribution in [3.05, 3.63) is 107 Å². The summed E-state index contributed by atoms with van der Waals surface area (Å²) in [5.74, 6) is 3.06. The van der Waals surface area contributed by atoms with Crippen LogP contribution in [0.4, 0.5) is 0 Å². The van der Waals surface area contributed by atoms with E-state index >= 15 is 0 Å². The molecule has 4 aromatic heterocycles. The Morgan fingerprint density at radius 1 is 0.483 bits per heavy atom. The SMILES string of the molecule is OCCn1c(CN(Cc2nc3ccccc3n2CCO)CC(O)CN(Cc2nc3ccccc3n2CCO)Cc2nc3ccccc3n2CCO)nc2c1=CCCC=2. The third kappa shape index (κ3) is 8.33. The molecule has 0 bridgehead atoms. The molecule has 0 fully saturated rings. The monoisotopic (exact) mass is 788 g/mol. The molecule has 0 spiro atoms. The maximum atomic E-state index is 12.2. The minimum Gasteiger partial charge on any atom is -0.395 e. The van der Waals surface area contributed by atoms with Crippen LogP contribution in [-0.2, 0) is 52.4 Å². The molecule has 1 atom stereocenters. The van der Waals surface area contributed by atoms with E-state index in [1.54, 1.807) is 0 Å². The van der Waals surface area contributed by atoms with Crippen LogP contribution in [0, 0.1) is 0 Å². The molecule has 5 N–H and O–H groups in total. The fourth-order valence-corrected chi connectivity index (χ4v) is 8.42. The van der Waals surface area contributed by atoms with Crippen molar-refractivity contribution in [2.75, 3.05) is 39.5 Å². The first kappa shape index (κ1) is 39.6. The van der Waals surface area contributed by atoms with Crippen molar-refractivity contribution in [3.8, 4) is 0 Å². The Labute approximate surface area is 335 Å². The summed E-state index contributed by atoms with van der Waals surface area (Å²) in [6.45, 7) is 3.31. The van der Waals surface area contributed by atoms with Gasteiger partial charge in [-0.25, -0.2) is 19.9 Å². The molecule has 0 radical (unpaired) electrons. The van der Waals surface area contributed by atoms with Gasteiger partial charge in [-0.3, -0.25) is 9.80 Å². The first-order valence-corrected chi connectivity index (χ1v) is 20.1. The van der Waals surface area contributed by atoms with E-state index in [9.17, 15) is 25.5 Å². The minimum absolute atomic E-state index is 0.0321. The van der Waals surface area contributed by atoms with Crippen LogP contribution in [0.3, 0.4) is 0 Å². The number of rotatable bonds is 20. The van der Waals surface area contributed by atoms with E-state index in [1.165, 1.54) is 0 Å². The first-order chi connectivity index (χ1) is 28.5. The second kappa shape index (κ2) is 18.1. The van der Waals surface area contributed by atoms with Crippen LogP contribution in [0.5, 0.6) is 0 Å². The number of nitrogens with zero attached hydrogens (tertiary/aromatic N) is 10. The molecule has 1 aliphatic rings. The number of para-hydroxylation sites is 6.